The van der Waals surface area contributed by atoms with Gasteiger partial charge < -0.3 is 9.84 Å². The Morgan fingerprint density at radius 1 is 1.27 bits per heavy atom. The van der Waals surface area contributed by atoms with Crippen LogP contribution in [0.1, 0.15) is 40.5 Å². The van der Waals surface area contributed by atoms with Gasteiger partial charge in [0.1, 0.15) is 0 Å². The Bertz CT molecular complexity index is 186. The van der Waals surface area contributed by atoms with E-state index in [1.165, 1.54) is 12.8 Å². The van der Waals surface area contributed by atoms with Crippen molar-refractivity contribution in [1.82, 2.24) is 4.90 Å². The van der Waals surface area contributed by atoms with Gasteiger partial charge in [-0.3, -0.25) is 4.90 Å². The Morgan fingerprint density at radius 2 is 1.80 bits per heavy atom. The summed E-state index contributed by atoms with van der Waals surface area (Å²) in [5.41, 5.74) is -0.161. The summed E-state index contributed by atoms with van der Waals surface area (Å²) in [4.78, 5) is 2.36. The van der Waals surface area contributed by atoms with E-state index in [4.69, 9.17) is 4.74 Å². The summed E-state index contributed by atoms with van der Waals surface area (Å²) in [6.07, 6.45) is 2.29. The quantitative estimate of drug-likeness (QED) is 0.757. The van der Waals surface area contributed by atoms with Gasteiger partial charge in [-0.15, -0.1) is 0 Å². The second-order valence-electron chi connectivity index (χ2n) is 5.25. The standard InChI is InChI=1S/C12H25NO2/c1-10(2)15-9-11(14)12(3,4)13-7-5-6-8-13/h10-11,14H,5-9H2,1-4H3. The number of nitrogens with zero attached hydrogens (tertiary/aromatic N) is 1. The number of rotatable bonds is 5. The van der Waals surface area contributed by atoms with Crippen molar-refractivity contribution in [3.8, 4) is 0 Å². The number of likely N-dealkylation sites (tertiary alicyclic amines) is 1. The lowest BCUT2D eigenvalue weighted by molar-refractivity contribution is -0.0635. The molecule has 1 saturated heterocycles. The van der Waals surface area contributed by atoms with E-state index in [1.807, 2.05) is 13.8 Å². The molecule has 3 nitrogen and oxygen atoms in total. The molecule has 0 aromatic heterocycles. The lowest BCUT2D eigenvalue weighted by Gasteiger charge is -2.39. The average molecular weight is 215 g/mol. The molecule has 1 unspecified atom stereocenters. The van der Waals surface area contributed by atoms with Gasteiger partial charge in [-0.2, -0.15) is 0 Å². The van der Waals surface area contributed by atoms with Gasteiger partial charge in [0.15, 0.2) is 0 Å². The summed E-state index contributed by atoms with van der Waals surface area (Å²) in [5, 5.41) is 10.1. The average Bonchev–Trinajstić information content (AvgIpc) is 2.66. The van der Waals surface area contributed by atoms with Crippen LogP contribution in [0.4, 0.5) is 0 Å². The van der Waals surface area contributed by atoms with Crippen LogP contribution in [0.15, 0.2) is 0 Å². The lowest BCUT2D eigenvalue weighted by atomic mass is 9.96. The van der Waals surface area contributed by atoms with E-state index in [2.05, 4.69) is 18.7 Å². The third kappa shape index (κ3) is 3.44. The topological polar surface area (TPSA) is 32.7 Å². The van der Waals surface area contributed by atoms with Crippen molar-refractivity contribution in [2.45, 2.75) is 58.3 Å². The van der Waals surface area contributed by atoms with Crippen molar-refractivity contribution in [2.24, 2.45) is 0 Å². The van der Waals surface area contributed by atoms with Crippen LogP contribution >= 0.6 is 0 Å². The van der Waals surface area contributed by atoms with Crippen LogP contribution in [0.5, 0.6) is 0 Å². The molecule has 1 fully saturated rings. The minimum Gasteiger partial charge on any atom is -0.389 e. The van der Waals surface area contributed by atoms with Crippen molar-refractivity contribution in [1.29, 1.82) is 0 Å². The smallest absolute Gasteiger partial charge is 0.0951 e. The first-order valence-electron chi connectivity index (χ1n) is 5.99. The van der Waals surface area contributed by atoms with Gasteiger partial charge in [0, 0.05) is 5.54 Å². The minimum absolute atomic E-state index is 0.161. The zero-order valence-electron chi connectivity index (χ0n) is 10.5. The number of hydrogen-bond donors (Lipinski definition) is 1. The number of ether oxygens (including phenoxy) is 1. The van der Waals surface area contributed by atoms with E-state index in [0.717, 1.165) is 13.1 Å². The highest BCUT2D eigenvalue weighted by atomic mass is 16.5. The maximum absolute atomic E-state index is 10.1. The molecule has 1 aliphatic heterocycles. The maximum Gasteiger partial charge on any atom is 0.0951 e. The van der Waals surface area contributed by atoms with Crippen molar-refractivity contribution < 1.29 is 9.84 Å². The highest BCUT2D eigenvalue weighted by Crippen LogP contribution is 2.24. The molecule has 0 aromatic rings. The molecule has 3 heteroatoms. The molecule has 0 saturated carbocycles. The summed E-state index contributed by atoms with van der Waals surface area (Å²) < 4.78 is 5.47. The number of aliphatic hydroxyl groups excluding tert-OH is 1. The van der Waals surface area contributed by atoms with Gasteiger partial charge in [-0.25, -0.2) is 0 Å². The molecule has 15 heavy (non-hydrogen) atoms. The zero-order valence-corrected chi connectivity index (χ0v) is 10.5. The molecule has 1 rings (SSSR count). The SMILES string of the molecule is CC(C)OCC(O)C(C)(C)N1CCCC1. The van der Waals surface area contributed by atoms with E-state index in [0.29, 0.717) is 6.61 Å². The largest absolute Gasteiger partial charge is 0.389 e. The van der Waals surface area contributed by atoms with Gasteiger partial charge in [-0.1, -0.05) is 0 Å². The first kappa shape index (κ1) is 12.9. The van der Waals surface area contributed by atoms with Crippen LogP contribution < -0.4 is 0 Å². The Morgan fingerprint density at radius 3 is 2.27 bits per heavy atom. The third-order valence-corrected chi connectivity index (χ3v) is 3.32. The second-order valence-corrected chi connectivity index (χ2v) is 5.25. The van der Waals surface area contributed by atoms with E-state index in [1.54, 1.807) is 0 Å². The van der Waals surface area contributed by atoms with Crippen LogP contribution in [-0.2, 0) is 4.74 Å². The highest BCUT2D eigenvalue weighted by molar-refractivity contribution is 4.90. The fourth-order valence-electron chi connectivity index (χ4n) is 1.99. The predicted octanol–water partition coefficient (Wildman–Crippen LogP) is 1.65. The van der Waals surface area contributed by atoms with Crippen LogP contribution in [0.25, 0.3) is 0 Å². The maximum atomic E-state index is 10.1. The van der Waals surface area contributed by atoms with Crippen molar-refractivity contribution in [2.75, 3.05) is 19.7 Å². The molecule has 0 aliphatic carbocycles. The fraction of sp³-hybridized carbons (Fsp3) is 1.00. The fourth-order valence-corrected chi connectivity index (χ4v) is 1.99. The zero-order chi connectivity index (χ0) is 11.5. The molecule has 0 radical (unpaired) electrons. The summed E-state index contributed by atoms with van der Waals surface area (Å²) in [7, 11) is 0. The molecule has 1 heterocycles. The first-order valence-corrected chi connectivity index (χ1v) is 5.99. The Labute approximate surface area is 93.4 Å². The van der Waals surface area contributed by atoms with Gasteiger partial charge in [0.2, 0.25) is 0 Å². The Balaban J connectivity index is 2.44. The molecule has 0 amide bonds. The molecule has 1 atom stereocenters. The molecule has 0 bridgehead atoms. The second kappa shape index (κ2) is 5.28. The predicted molar refractivity (Wildman–Crippen MR) is 62.0 cm³/mol. The van der Waals surface area contributed by atoms with Gasteiger partial charge in [0.05, 0.1) is 18.8 Å². The molecule has 0 spiro atoms. The normalized spacial score (nSPS) is 21.2. The minimum atomic E-state index is -0.405. The van der Waals surface area contributed by atoms with Crippen LogP contribution in [-0.4, -0.2) is 47.4 Å². The molecular weight excluding hydrogens is 190 g/mol. The van der Waals surface area contributed by atoms with E-state index in [9.17, 15) is 5.11 Å². The molecular formula is C12H25NO2. The summed E-state index contributed by atoms with van der Waals surface area (Å²) >= 11 is 0. The van der Waals surface area contributed by atoms with Crippen LogP contribution in [0.3, 0.4) is 0 Å². The van der Waals surface area contributed by atoms with Crippen molar-refractivity contribution in [3.05, 3.63) is 0 Å². The molecule has 90 valence electrons. The van der Waals surface area contributed by atoms with Gasteiger partial charge in [0.25, 0.3) is 0 Å². The summed E-state index contributed by atoms with van der Waals surface area (Å²) in [5.74, 6) is 0. The van der Waals surface area contributed by atoms with Gasteiger partial charge in [-0.05, 0) is 53.6 Å². The van der Waals surface area contributed by atoms with Crippen molar-refractivity contribution >= 4 is 0 Å². The molecule has 0 aromatic carbocycles. The summed E-state index contributed by atoms with van der Waals surface area (Å²) in [6, 6.07) is 0. The summed E-state index contributed by atoms with van der Waals surface area (Å²) in [6.45, 7) is 10.8. The van der Waals surface area contributed by atoms with E-state index < -0.39 is 6.10 Å². The Hall–Kier alpha value is -0.120. The Kier molecular flexibility index (Phi) is 4.56. The highest BCUT2D eigenvalue weighted by Gasteiger charge is 2.35. The molecule has 1 aliphatic rings. The first-order chi connectivity index (χ1) is 6.94. The monoisotopic (exact) mass is 215 g/mol. The van der Waals surface area contributed by atoms with E-state index >= 15 is 0 Å². The lowest BCUT2D eigenvalue weighted by Crippen LogP contribution is -2.53. The molecule has 1 N–H and O–H groups in total. The number of aliphatic hydroxyl groups is 1. The van der Waals surface area contributed by atoms with E-state index in [-0.39, 0.29) is 11.6 Å². The van der Waals surface area contributed by atoms with Gasteiger partial charge >= 0.3 is 0 Å². The van der Waals surface area contributed by atoms with Crippen molar-refractivity contribution in [3.63, 3.8) is 0 Å². The third-order valence-electron chi connectivity index (χ3n) is 3.32. The number of hydrogen-bond acceptors (Lipinski definition) is 3. The van der Waals surface area contributed by atoms with Crippen LogP contribution in [0.2, 0.25) is 0 Å². The van der Waals surface area contributed by atoms with Crippen LogP contribution in [0, 0.1) is 0 Å².